The van der Waals surface area contributed by atoms with E-state index in [0.29, 0.717) is 10.9 Å². The first kappa shape index (κ1) is 17.5. The van der Waals surface area contributed by atoms with E-state index >= 15 is 0 Å². The van der Waals surface area contributed by atoms with Gasteiger partial charge in [0.05, 0.1) is 5.52 Å². The van der Waals surface area contributed by atoms with Gasteiger partial charge in [0.1, 0.15) is 6.54 Å². The molecule has 2 aromatic carbocycles. The number of rotatable bonds is 3. The Hall–Kier alpha value is -2.88. The molecule has 1 amide bonds. The van der Waals surface area contributed by atoms with Gasteiger partial charge in [0, 0.05) is 30.2 Å². The molecule has 4 heteroatoms. The van der Waals surface area contributed by atoms with Crippen LogP contribution in [0.15, 0.2) is 59.5 Å². The van der Waals surface area contributed by atoms with Crippen molar-refractivity contribution in [1.29, 1.82) is 0 Å². The predicted molar refractivity (Wildman–Crippen MR) is 109 cm³/mol. The van der Waals surface area contributed by atoms with E-state index in [1.807, 2.05) is 71.1 Å². The fourth-order valence-electron chi connectivity index (χ4n) is 3.95. The highest BCUT2D eigenvalue weighted by Gasteiger charge is 2.19. The van der Waals surface area contributed by atoms with Crippen molar-refractivity contribution >= 4 is 16.8 Å². The van der Waals surface area contributed by atoms with Crippen LogP contribution in [0.4, 0.5) is 0 Å². The van der Waals surface area contributed by atoms with Gasteiger partial charge in [0.2, 0.25) is 5.91 Å². The number of pyridine rings is 1. The van der Waals surface area contributed by atoms with Gasteiger partial charge >= 0.3 is 0 Å². The Morgan fingerprint density at radius 1 is 0.963 bits per heavy atom. The smallest absolute Gasteiger partial charge is 0.242 e. The first-order valence-electron chi connectivity index (χ1n) is 9.61. The molecule has 1 aromatic heterocycles. The number of likely N-dealkylation sites (tertiary alicyclic amines) is 1. The van der Waals surface area contributed by atoms with Crippen LogP contribution in [0.25, 0.3) is 22.0 Å². The number of hydrogen-bond donors (Lipinski definition) is 0. The van der Waals surface area contributed by atoms with Gasteiger partial charge in [0.15, 0.2) is 5.43 Å². The molecule has 138 valence electrons. The summed E-state index contributed by atoms with van der Waals surface area (Å²) in [6, 6.07) is 15.5. The maximum atomic E-state index is 13.2. The molecule has 1 fully saturated rings. The summed E-state index contributed by atoms with van der Waals surface area (Å²) in [5, 5.41) is 0.699. The summed E-state index contributed by atoms with van der Waals surface area (Å²) in [6.07, 6.45) is 5.19. The number of amides is 1. The zero-order valence-electron chi connectivity index (χ0n) is 15.6. The Balaban J connectivity index is 1.84. The molecular formula is C23H24N2O2. The van der Waals surface area contributed by atoms with Crippen molar-refractivity contribution in [3.63, 3.8) is 0 Å². The summed E-state index contributed by atoms with van der Waals surface area (Å²) in [5.41, 5.74) is 3.31. The van der Waals surface area contributed by atoms with E-state index in [1.165, 1.54) is 6.42 Å². The van der Waals surface area contributed by atoms with Crippen LogP contribution in [0.3, 0.4) is 0 Å². The predicted octanol–water partition coefficient (Wildman–Crippen LogP) is 3.99. The molecule has 2 heterocycles. The lowest BCUT2D eigenvalue weighted by atomic mass is 10.0. The molecule has 27 heavy (non-hydrogen) atoms. The minimum atomic E-state index is 0.0240. The van der Waals surface area contributed by atoms with E-state index in [1.54, 1.807) is 0 Å². The zero-order chi connectivity index (χ0) is 18.8. The van der Waals surface area contributed by atoms with E-state index in [-0.39, 0.29) is 17.9 Å². The summed E-state index contributed by atoms with van der Waals surface area (Å²) < 4.78 is 1.95. The summed E-state index contributed by atoms with van der Waals surface area (Å²) in [5.74, 6) is 0.125. The maximum Gasteiger partial charge on any atom is 0.242 e. The highest BCUT2D eigenvalue weighted by atomic mass is 16.2. The van der Waals surface area contributed by atoms with Gasteiger partial charge in [-0.05, 0) is 43.4 Å². The quantitative estimate of drug-likeness (QED) is 0.709. The summed E-state index contributed by atoms with van der Waals surface area (Å²) in [4.78, 5) is 28.0. The van der Waals surface area contributed by atoms with Crippen LogP contribution in [-0.2, 0) is 11.3 Å². The van der Waals surface area contributed by atoms with Crippen LogP contribution in [0, 0.1) is 6.92 Å². The standard InChI is InChI=1S/C23H24N2O2/c1-17-9-8-12-20-22(17)23(27)19(18-10-4-2-5-11-18)15-25(20)16-21(26)24-13-6-3-7-14-24/h2,4-5,8-12,15H,3,6-7,13-14,16H2,1H3. The second-order valence-corrected chi connectivity index (χ2v) is 7.28. The van der Waals surface area contributed by atoms with Gasteiger partial charge in [-0.15, -0.1) is 0 Å². The van der Waals surface area contributed by atoms with Crippen LogP contribution in [0.5, 0.6) is 0 Å². The number of carbonyl (C=O) groups is 1. The Kier molecular flexibility index (Phi) is 4.80. The molecule has 1 aliphatic rings. The molecule has 3 aromatic rings. The third-order valence-corrected chi connectivity index (χ3v) is 5.42. The fourth-order valence-corrected chi connectivity index (χ4v) is 3.95. The monoisotopic (exact) mass is 360 g/mol. The Morgan fingerprint density at radius 2 is 1.70 bits per heavy atom. The molecule has 0 bridgehead atoms. The number of aryl methyl sites for hydroxylation is 1. The molecule has 0 radical (unpaired) electrons. The van der Waals surface area contributed by atoms with E-state index in [9.17, 15) is 9.59 Å². The Labute approximate surface area is 159 Å². The summed E-state index contributed by atoms with van der Waals surface area (Å²) in [7, 11) is 0. The summed E-state index contributed by atoms with van der Waals surface area (Å²) in [6.45, 7) is 3.89. The van der Waals surface area contributed by atoms with Crippen molar-refractivity contribution in [1.82, 2.24) is 9.47 Å². The van der Waals surface area contributed by atoms with E-state index in [4.69, 9.17) is 0 Å². The number of carbonyl (C=O) groups excluding carboxylic acids is 1. The van der Waals surface area contributed by atoms with E-state index in [0.717, 1.165) is 42.6 Å². The molecular weight excluding hydrogens is 336 g/mol. The number of aromatic nitrogens is 1. The minimum absolute atomic E-state index is 0.0240. The Morgan fingerprint density at radius 3 is 2.44 bits per heavy atom. The van der Waals surface area contributed by atoms with Crippen molar-refractivity contribution in [3.05, 3.63) is 70.5 Å². The molecule has 1 saturated heterocycles. The lowest BCUT2D eigenvalue weighted by molar-refractivity contribution is -0.132. The lowest BCUT2D eigenvalue weighted by Gasteiger charge is -2.27. The lowest BCUT2D eigenvalue weighted by Crippen LogP contribution is -2.38. The fraction of sp³-hybridized carbons (Fsp3) is 0.304. The molecule has 4 rings (SSSR count). The first-order valence-corrected chi connectivity index (χ1v) is 9.61. The molecule has 0 aliphatic carbocycles. The normalized spacial score (nSPS) is 14.5. The molecule has 0 saturated carbocycles. The van der Waals surface area contributed by atoms with Crippen LogP contribution < -0.4 is 5.43 Å². The van der Waals surface area contributed by atoms with Crippen LogP contribution in [0.1, 0.15) is 24.8 Å². The maximum absolute atomic E-state index is 13.2. The van der Waals surface area contributed by atoms with Crippen LogP contribution in [0.2, 0.25) is 0 Å². The summed E-state index contributed by atoms with van der Waals surface area (Å²) >= 11 is 0. The van der Waals surface area contributed by atoms with Crippen molar-refractivity contribution in [3.8, 4) is 11.1 Å². The van der Waals surface area contributed by atoms with Gasteiger partial charge in [-0.25, -0.2) is 0 Å². The van der Waals surface area contributed by atoms with E-state index < -0.39 is 0 Å². The largest absolute Gasteiger partial charge is 0.341 e. The molecule has 0 N–H and O–H groups in total. The third-order valence-electron chi connectivity index (χ3n) is 5.42. The van der Waals surface area contributed by atoms with Gasteiger partial charge < -0.3 is 9.47 Å². The molecule has 1 aliphatic heterocycles. The first-order chi connectivity index (χ1) is 13.1. The van der Waals surface area contributed by atoms with Crippen molar-refractivity contribution in [2.75, 3.05) is 13.1 Å². The average Bonchev–Trinajstić information content (AvgIpc) is 2.71. The van der Waals surface area contributed by atoms with E-state index in [2.05, 4.69) is 0 Å². The van der Waals surface area contributed by atoms with Crippen molar-refractivity contribution < 1.29 is 4.79 Å². The number of hydrogen-bond acceptors (Lipinski definition) is 2. The topological polar surface area (TPSA) is 42.3 Å². The number of fused-ring (bicyclic) bond motifs is 1. The third kappa shape index (κ3) is 3.39. The SMILES string of the molecule is Cc1cccc2c1c(=O)c(-c1ccccc1)cn2CC(=O)N1CCCCC1. The van der Waals surface area contributed by atoms with Gasteiger partial charge in [-0.3, -0.25) is 9.59 Å². The molecule has 0 unspecified atom stereocenters. The van der Waals surface area contributed by atoms with Crippen molar-refractivity contribution in [2.45, 2.75) is 32.7 Å². The van der Waals surface area contributed by atoms with Gasteiger partial charge in [0.25, 0.3) is 0 Å². The molecule has 4 nitrogen and oxygen atoms in total. The second-order valence-electron chi connectivity index (χ2n) is 7.28. The number of benzene rings is 2. The Bertz CT molecular complexity index is 1030. The van der Waals surface area contributed by atoms with Gasteiger partial charge in [-0.2, -0.15) is 0 Å². The second kappa shape index (κ2) is 7.39. The molecule has 0 atom stereocenters. The highest BCUT2D eigenvalue weighted by molar-refractivity contribution is 5.88. The minimum Gasteiger partial charge on any atom is -0.341 e. The van der Waals surface area contributed by atoms with Gasteiger partial charge in [-0.1, -0.05) is 42.5 Å². The average molecular weight is 360 g/mol. The zero-order valence-corrected chi connectivity index (χ0v) is 15.6. The van der Waals surface area contributed by atoms with Crippen molar-refractivity contribution in [2.24, 2.45) is 0 Å². The number of piperidine rings is 1. The molecule has 0 spiro atoms. The van der Waals surface area contributed by atoms with Crippen LogP contribution in [-0.4, -0.2) is 28.5 Å². The van der Waals surface area contributed by atoms with Crippen LogP contribution >= 0.6 is 0 Å². The highest BCUT2D eigenvalue weighted by Crippen LogP contribution is 2.22. The number of nitrogens with zero attached hydrogens (tertiary/aromatic N) is 2.